The van der Waals surface area contributed by atoms with Crippen molar-refractivity contribution >= 4 is 23.4 Å². The maximum atomic E-state index is 12.0. The standard InChI is InChI=1S/C19H31N5O2S/c1-19(2,3)26-18(25)24-12-15(13-24)22-17(20-4)21-7-9-23-8-5-16-14(11-23)6-10-27-16/h6,10,15H,5,7-9,11-13H2,1-4H3,(H2,20,21,22). The van der Waals surface area contributed by atoms with E-state index in [9.17, 15) is 4.79 Å². The van der Waals surface area contributed by atoms with Crippen LogP contribution in [0.3, 0.4) is 0 Å². The number of rotatable bonds is 4. The molecule has 3 heterocycles. The first-order valence-electron chi connectivity index (χ1n) is 9.57. The second kappa shape index (κ2) is 8.48. The average Bonchev–Trinajstić information content (AvgIpc) is 3.01. The number of carbonyl (C=O) groups excluding carboxylic acids is 1. The number of amides is 1. The molecule has 2 aliphatic rings. The van der Waals surface area contributed by atoms with Gasteiger partial charge in [0.25, 0.3) is 0 Å². The molecule has 150 valence electrons. The Morgan fingerprint density at radius 1 is 1.41 bits per heavy atom. The van der Waals surface area contributed by atoms with E-state index in [1.54, 1.807) is 11.9 Å². The molecule has 2 aliphatic heterocycles. The highest BCUT2D eigenvalue weighted by molar-refractivity contribution is 7.10. The Labute approximate surface area is 165 Å². The molecule has 7 nitrogen and oxygen atoms in total. The van der Waals surface area contributed by atoms with Crippen LogP contribution in [-0.4, -0.2) is 73.3 Å². The topological polar surface area (TPSA) is 69.2 Å². The van der Waals surface area contributed by atoms with Crippen molar-refractivity contribution in [1.29, 1.82) is 0 Å². The fourth-order valence-electron chi connectivity index (χ4n) is 3.26. The second-order valence-corrected chi connectivity index (χ2v) is 9.12. The molecule has 3 rings (SSSR count). The first-order valence-corrected chi connectivity index (χ1v) is 10.4. The number of hydrogen-bond donors (Lipinski definition) is 2. The normalized spacial score (nSPS) is 18.7. The van der Waals surface area contributed by atoms with Gasteiger partial charge in [-0.15, -0.1) is 11.3 Å². The molecule has 0 aliphatic carbocycles. The molecule has 0 radical (unpaired) electrons. The number of fused-ring (bicyclic) bond motifs is 1. The summed E-state index contributed by atoms with van der Waals surface area (Å²) >= 11 is 1.87. The molecule has 27 heavy (non-hydrogen) atoms. The van der Waals surface area contributed by atoms with Gasteiger partial charge >= 0.3 is 6.09 Å². The molecule has 2 N–H and O–H groups in total. The van der Waals surface area contributed by atoms with Crippen LogP contribution in [0.4, 0.5) is 4.79 Å². The number of ether oxygens (including phenoxy) is 1. The molecular weight excluding hydrogens is 362 g/mol. The van der Waals surface area contributed by atoms with Crippen molar-refractivity contribution in [2.45, 2.75) is 45.4 Å². The SMILES string of the molecule is CN=C(NCCN1CCc2sccc2C1)NC1CN(C(=O)OC(C)(C)C)C1. The van der Waals surface area contributed by atoms with E-state index in [1.165, 1.54) is 10.4 Å². The van der Waals surface area contributed by atoms with Gasteiger partial charge in [0.1, 0.15) is 5.60 Å². The lowest BCUT2D eigenvalue weighted by Crippen LogP contribution is -2.63. The Kier molecular flexibility index (Phi) is 6.26. The predicted octanol–water partition coefficient (Wildman–Crippen LogP) is 1.89. The molecule has 0 saturated carbocycles. The van der Waals surface area contributed by atoms with Crippen molar-refractivity contribution in [3.63, 3.8) is 0 Å². The van der Waals surface area contributed by atoms with Gasteiger partial charge in [-0.25, -0.2) is 4.79 Å². The van der Waals surface area contributed by atoms with Crippen LogP contribution in [-0.2, 0) is 17.7 Å². The highest BCUT2D eigenvalue weighted by Crippen LogP contribution is 2.23. The van der Waals surface area contributed by atoms with E-state index >= 15 is 0 Å². The first kappa shape index (κ1) is 19.9. The average molecular weight is 394 g/mol. The summed E-state index contributed by atoms with van der Waals surface area (Å²) in [7, 11) is 1.78. The minimum atomic E-state index is -0.453. The summed E-state index contributed by atoms with van der Waals surface area (Å²) in [6, 6.07) is 2.46. The monoisotopic (exact) mass is 393 g/mol. The van der Waals surface area contributed by atoms with Gasteiger partial charge in [0.05, 0.1) is 6.04 Å². The molecule has 0 aromatic carbocycles. The molecule has 0 atom stereocenters. The summed E-state index contributed by atoms with van der Waals surface area (Å²) in [6.07, 6.45) is 0.907. The minimum Gasteiger partial charge on any atom is -0.444 e. The number of nitrogens with one attached hydrogen (secondary N) is 2. The van der Waals surface area contributed by atoms with Gasteiger partial charge in [-0.3, -0.25) is 9.89 Å². The van der Waals surface area contributed by atoms with Crippen LogP contribution in [0.15, 0.2) is 16.4 Å². The van der Waals surface area contributed by atoms with Crippen LogP contribution in [0.2, 0.25) is 0 Å². The summed E-state index contributed by atoms with van der Waals surface area (Å²) in [6.45, 7) is 10.9. The molecule has 0 spiro atoms. The number of thiophene rings is 1. The Balaban J connectivity index is 1.33. The molecule has 8 heteroatoms. The lowest BCUT2D eigenvalue weighted by Gasteiger charge is -2.40. The zero-order chi connectivity index (χ0) is 19.4. The lowest BCUT2D eigenvalue weighted by molar-refractivity contribution is 0.00701. The van der Waals surface area contributed by atoms with Crippen molar-refractivity contribution in [3.05, 3.63) is 21.9 Å². The number of carbonyl (C=O) groups is 1. The van der Waals surface area contributed by atoms with Gasteiger partial charge in [0.15, 0.2) is 5.96 Å². The highest BCUT2D eigenvalue weighted by Gasteiger charge is 2.34. The van der Waals surface area contributed by atoms with Gasteiger partial charge in [0, 0.05) is 51.2 Å². The second-order valence-electron chi connectivity index (χ2n) is 8.12. The molecular formula is C19H31N5O2S. The van der Waals surface area contributed by atoms with Crippen molar-refractivity contribution in [1.82, 2.24) is 20.4 Å². The van der Waals surface area contributed by atoms with Crippen molar-refractivity contribution < 1.29 is 9.53 Å². The fraction of sp³-hybridized carbons (Fsp3) is 0.684. The smallest absolute Gasteiger partial charge is 0.410 e. The summed E-state index contributed by atoms with van der Waals surface area (Å²) in [5.74, 6) is 0.789. The van der Waals surface area contributed by atoms with E-state index in [-0.39, 0.29) is 12.1 Å². The van der Waals surface area contributed by atoms with Crippen LogP contribution in [0.5, 0.6) is 0 Å². The van der Waals surface area contributed by atoms with E-state index in [2.05, 4.69) is 32.0 Å². The third-order valence-corrected chi connectivity index (χ3v) is 5.73. The van der Waals surface area contributed by atoms with E-state index in [1.807, 2.05) is 32.1 Å². The number of aliphatic imine (C=N–C) groups is 1. The third-order valence-electron chi connectivity index (χ3n) is 4.70. The van der Waals surface area contributed by atoms with Crippen molar-refractivity contribution in [2.24, 2.45) is 4.99 Å². The molecule has 1 amide bonds. The van der Waals surface area contributed by atoms with Gasteiger partial charge in [-0.2, -0.15) is 0 Å². The number of guanidine groups is 1. The van der Waals surface area contributed by atoms with Crippen molar-refractivity contribution in [3.8, 4) is 0 Å². The zero-order valence-electron chi connectivity index (χ0n) is 16.7. The molecule has 1 aromatic rings. The Morgan fingerprint density at radius 3 is 2.89 bits per heavy atom. The Bertz CT molecular complexity index is 676. The van der Waals surface area contributed by atoms with Gasteiger partial charge in [0.2, 0.25) is 0 Å². The molecule has 1 fully saturated rings. The summed E-state index contributed by atoms with van der Waals surface area (Å²) in [4.78, 5) is 22.0. The number of likely N-dealkylation sites (tertiary alicyclic amines) is 1. The fourth-order valence-corrected chi connectivity index (χ4v) is 4.15. The number of hydrogen-bond acceptors (Lipinski definition) is 5. The zero-order valence-corrected chi connectivity index (χ0v) is 17.6. The van der Waals surface area contributed by atoms with E-state index in [0.29, 0.717) is 13.1 Å². The minimum absolute atomic E-state index is 0.215. The quantitative estimate of drug-likeness (QED) is 0.604. The van der Waals surface area contributed by atoms with Gasteiger partial charge < -0.3 is 20.3 Å². The summed E-state index contributed by atoms with van der Waals surface area (Å²) in [5.41, 5.74) is 1.02. The largest absolute Gasteiger partial charge is 0.444 e. The first-order chi connectivity index (χ1) is 12.8. The molecule has 0 bridgehead atoms. The molecule has 0 unspecified atom stereocenters. The maximum Gasteiger partial charge on any atom is 0.410 e. The summed E-state index contributed by atoms with van der Waals surface area (Å²) < 4.78 is 5.38. The predicted molar refractivity (Wildman–Crippen MR) is 109 cm³/mol. The van der Waals surface area contributed by atoms with E-state index < -0.39 is 5.60 Å². The van der Waals surface area contributed by atoms with Crippen LogP contribution in [0.25, 0.3) is 0 Å². The summed E-state index contributed by atoms with van der Waals surface area (Å²) in [5, 5.41) is 8.95. The van der Waals surface area contributed by atoms with Gasteiger partial charge in [-0.1, -0.05) is 0 Å². The lowest BCUT2D eigenvalue weighted by atomic mass is 10.1. The maximum absolute atomic E-state index is 12.0. The van der Waals surface area contributed by atoms with Crippen LogP contribution in [0, 0.1) is 0 Å². The van der Waals surface area contributed by atoms with Gasteiger partial charge in [-0.05, 0) is 44.2 Å². The third kappa shape index (κ3) is 5.59. The van der Waals surface area contributed by atoms with Crippen LogP contribution < -0.4 is 10.6 Å². The van der Waals surface area contributed by atoms with Crippen LogP contribution >= 0.6 is 11.3 Å². The van der Waals surface area contributed by atoms with Crippen molar-refractivity contribution in [2.75, 3.05) is 39.8 Å². The Morgan fingerprint density at radius 2 is 2.19 bits per heavy atom. The highest BCUT2D eigenvalue weighted by atomic mass is 32.1. The van der Waals surface area contributed by atoms with E-state index in [0.717, 1.165) is 38.6 Å². The Hall–Kier alpha value is -1.80. The molecule has 1 aromatic heterocycles. The number of nitrogens with zero attached hydrogens (tertiary/aromatic N) is 3. The van der Waals surface area contributed by atoms with Crippen LogP contribution in [0.1, 0.15) is 31.2 Å². The molecule has 1 saturated heterocycles. The van der Waals surface area contributed by atoms with E-state index in [4.69, 9.17) is 4.74 Å².